The average molecular weight is 330 g/mol. The standard InChI is InChI=1S/C15H30N4O4/c1-9(2)8-11(17)14(21)18-10(3)13(20)19-12(15(22)23)6-4-5-7-16/h9-12H,4-8,16-17H2,1-3H3,(H,18,21)(H,19,20)(H,22,23)/t10-,11-,12-/m0/s1. The number of carbonyl (C=O) groups excluding carboxylic acids is 2. The van der Waals surface area contributed by atoms with E-state index in [9.17, 15) is 14.4 Å². The Morgan fingerprint density at radius 2 is 1.65 bits per heavy atom. The van der Waals surface area contributed by atoms with Crippen molar-refractivity contribution in [2.45, 2.75) is 64.6 Å². The van der Waals surface area contributed by atoms with Gasteiger partial charge in [-0.3, -0.25) is 9.59 Å². The number of nitrogens with two attached hydrogens (primary N) is 2. The molecule has 0 saturated carbocycles. The van der Waals surface area contributed by atoms with Crippen LogP contribution in [0.25, 0.3) is 0 Å². The van der Waals surface area contributed by atoms with Crippen LogP contribution in [-0.2, 0) is 14.4 Å². The minimum Gasteiger partial charge on any atom is -0.480 e. The zero-order valence-corrected chi connectivity index (χ0v) is 14.2. The number of rotatable bonds is 11. The summed E-state index contributed by atoms with van der Waals surface area (Å²) in [5, 5.41) is 14.1. The third-order valence-corrected chi connectivity index (χ3v) is 3.38. The van der Waals surface area contributed by atoms with Crippen LogP contribution in [0.2, 0.25) is 0 Å². The molecule has 7 N–H and O–H groups in total. The van der Waals surface area contributed by atoms with Crippen molar-refractivity contribution in [2.24, 2.45) is 17.4 Å². The van der Waals surface area contributed by atoms with Crippen molar-refractivity contribution in [1.82, 2.24) is 10.6 Å². The van der Waals surface area contributed by atoms with E-state index in [0.717, 1.165) is 0 Å². The molecule has 134 valence electrons. The van der Waals surface area contributed by atoms with E-state index in [1.165, 1.54) is 6.92 Å². The van der Waals surface area contributed by atoms with Crippen molar-refractivity contribution in [3.63, 3.8) is 0 Å². The van der Waals surface area contributed by atoms with Gasteiger partial charge < -0.3 is 27.2 Å². The van der Waals surface area contributed by atoms with Gasteiger partial charge in [-0.2, -0.15) is 0 Å². The van der Waals surface area contributed by atoms with E-state index >= 15 is 0 Å². The lowest BCUT2D eigenvalue weighted by molar-refractivity contribution is -0.142. The highest BCUT2D eigenvalue weighted by atomic mass is 16.4. The minimum absolute atomic E-state index is 0.263. The molecule has 0 unspecified atom stereocenters. The molecule has 0 radical (unpaired) electrons. The second kappa shape index (κ2) is 11.0. The summed E-state index contributed by atoms with van der Waals surface area (Å²) in [5.41, 5.74) is 11.1. The molecule has 0 bridgehead atoms. The molecule has 0 aliphatic heterocycles. The Hall–Kier alpha value is -1.67. The van der Waals surface area contributed by atoms with E-state index in [4.69, 9.17) is 16.6 Å². The van der Waals surface area contributed by atoms with Crippen molar-refractivity contribution in [3.05, 3.63) is 0 Å². The Bertz CT molecular complexity index is 401. The number of carbonyl (C=O) groups is 3. The molecule has 0 aliphatic rings. The monoisotopic (exact) mass is 330 g/mol. The van der Waals surface area contributed by atoms with Crippen LogP contribution < -0.4 is 22.1 Å². The Morgan fingerprint density at radius 1 is 1.04 bits per heavy atom. The van der Waals surface area contributed by atoms with Crippen molar-refractivity contribution in [1.29, 1.82) is 0 Å². The molecular formula is C15H30N4O4. The van der Waals surface area contributed by atoms with Gasteiger partial charge in [0, 0.05) is 0 Å². The molecule has 8 heteroatoms. The third-order valence-electron chi connectivity index (χ3n) is 3.38. The summed E-state index contributed by atoms with van der Waals surface area (Å²) in [4.78, 5) is 35.0. The first kappa shape index (κ1) is 21.3. The molecule has 0 spiro atoms. The smallest absolute Gasteiger partial charge is 0.326 e. The Balaban J connectivity index is 4.45. The number of carboxylic acid groups (broad SMARTS) is 1. The summed E-state index contributed by atoms with van der Waals surface area (Å²) < 4.78 is 0. The molecule has 23 heavy (non-hydrogen) atoms. The topological polar surface area (TPSA) is 148 Å². The van der Waals surface area contributed by atoms with Crippen LogP contribution in [0.5, 0.6) is 0 Å². The summed E-state index contributed by atoms with van der Waals surface area (Å²) in [6, 6.07) is -2.53. The molecule has 0 aromatic rings. The summed E-state index contributed by atoms with van der Waals surface area (Å²) >= 11 is 0. The fourth-order valence-corrected chi connectivity index (χ4v) is 2.05. The van der Waals surface area contributed by atoms with Gasteiger partial charge in [0.15, 0.2) is 0 Å². The van der Waals surface area contributed by atoms with Crippen LogP contribution in [0.1, 0.15) is 46.5 Å². The van der Waals surface area contributed by atoms with Crippen LogP contribution in [-0.4, -0.2) is 47.6 Å². The van der Waals surface area contributed by atoms with Gasteiger partial charge in [-0.25, -0.2) is 4.79 Å². The summed E-state index contributed by atoms with van der Waals surface area (Å²) in [6.07, 6.45) is 2.10. The maximum absolute atomic E-state index is 12.0. The molecule has 0 saturated heterocycles. The molecule has 0 aromatic heterocycles. The van der Waals surface area contributed by atoms with Crippen molar-refractivity contribution >= 4 is 17.8 Å². The van der Waals surface area contributed by atoms with E-state index < -0.39 is 35.9 Å². The second-order valence-corrected chi connectivity index (χ2v) is 6.15. The highest BCUT2D eigenvalue weighted by Crippen LogP contribution is 2.04. The Labute approximate surface area is 137 Å². The molecule has 0 aromatic carbocycles. The van der Waals surface area contributed by atoms with E-state index in [0.29, 0.717) is 32.2 Å². The molecule has 8 nitrogen and oxygen atoms in total. The lowest BCUT2D eigenvalue weighted by Gasteiger charge is -2.20. The molecule has 0 fully saturated rings. The van der Waals surface area contributed by atoms with Gasteiger partial charge in [-0.15, -0.1) is 0 Å². The minimum atomic E-state index is -1.11. The number of hydrogen-bond acceptors (Lipinski definition) is 5. The van der Waals surface area contributed by atoms with Gasteiger partial charge in [0.2, 0.25) is 11.8 Å². The maximum Gasteiger partial charge on any atom is 0.326 e. The van der Waals surface area contributed by atoms with Crippen molar-refractivity contribution in [3.8, 4) is 0 Å². The van der Waals surface area contributed by atoms with Crippen LogP contribution in [0.3, 0.4) is 0 Å². The number of aliphatic carboxylic acids is 1. The van der Waals surface area contributed by atoms with Gasteiger partial charge in [0.05, 0.1) is 6.04 Å². The molecule has 2 amide bonds. The third kappa shape index (κ3) is 9.14. The predicted molar refractivity (Wildman–Crippen MR) is 87.5 cm³/mol. The molecule has 0 heterocycles. The number of nitrogens with one attached hydrogen (secondary N) is 2. The van der Waals surface area contributed by atoms with Gasteiger partial charge in [0.1, 0.15) is 12.1 Å². The lowest BCUT2D eigenvalue weighted by Crippen LogP contribution is -2.53. The number of amides is 2. The summed E-state index contributed by atoms with van der Waals surface area (Å²) in [5.74, 6) is -1.81. The van der Waals surface area contributed by atoms with Crippen LogP contribution in [0, 0.1) is 5.92 Å². The van der Waals surface area contributed by atoms with Gasteiger partial charge in [0.25, 0.3) is 0 Å². The first-order chi connectivity index (χ1) is 10.7. The van der Waals surface area contributed by atoms with E-state index in [1.807, 2.05) is 13.8 Å². The zero-order chi connectivity index (χ0) is 18.0. The van der Waals surface area contributed by atoms with E-state index in [1.54, 1.807) is 0 Å². The van der Waals surface area contributed by atoms with E-state index in [-0.39, 0.29) is 5.92 Å². The zero-order valence-electron chi connectivity index (χ0n) is 14.2. The first-order valence-corrected chi connectivity index (χ1v) is 7.98. The molecule has 0 aliphatic carbocycles. The number of hydrogen-bond donors (Lipinski definition) is 5. The highest BCUT2D eigenvalue weighted by molar-refractivity contribution is 5.91. The van der Waals surface area contributed by atoms with Crippen LogP contribution in [0.15, 0.2) is 0 Å². The predicted octanol–water partition coefficient (Wildman–Crippen LogP) is -0.437. The van der Waals surface area contributed by atoms with Crippen molar-refractivity contribution < 1.29 is 19.5 Å². The fraction of sp³-hybridized carbons (Fsp3) is 0.800. The summed E-state index contributed by atoms with van der Waals surface area (Å²) in [6.45, 7) is 5.86. The molecular weight excluding hydrogens is 300 g/mol. The van der Waals surface area contributed by atoms with E-state index in [2.05, 4.69) is 10.6 Å². The Kier molecular flexibility index (Phi) is 10.2. The van der Waals surface area contributed by atoms with Crippen molar-refractivity contribution in [2.75, 3.05) is 6.54 Å². The normalized spacial score (nSPS) is 14.9. The van der Waals surface area contributed by atoms with Gasteiger partial charge >= 0.3 is 5.97 Å². The number of unbranched alkanes of at least 4 members (excludes halogenated alkanes) is 1. The highest BCUT2D eigenvalue weighted by Gasteiger charge is 2.25. The van der Waals surface area contributed by atoms with Crippen LogP contribution in [0.4, 0.5) is 0 Å². The fourth-order valence-electron chi connectivity index (χ4n) is 2.05. The largest absolute Gasteiger partial charge is 0.480 e. The average Bonchev–Trinajstić information content (AvgIpc) is 2.44. The second-order valence-electron chi connectivity index (χ2n) is 6.15. The van der Waals surface area contributed by atoms with Crippen LogP contribution >= 0.6 is 0 Å². The SMILES string of the molecule is CC(C)C[C@H](N)C(=O)N[C@@H](C)C(=O)N[C@@H](CCCCN)C(=O)O. The Morgan fingerprint density at radius 3 is 2.13 bits per heavy atom. The first-order valence-electron chi connectivity index (χ1n) is 7.98. The molecule has 0 rings (SSSR count). The lowest BCUT2D eigenvalue weighted by atomic mass is 10.0. The number of carboxylic acids is 1. The van der Waals surface area contributed by atoms with Gasteiger partial charge in [-0.1, -0.05) is 13.8 Å². The maximum atomic E-state index is 12.0. The quantitative estimate of drug-likeness (QED) is 0.324. The van der Waals surface area contributed by atoms with Gasteiger partial charge in [-0.05, 0) is 45.1 Å². The molecule has 3 atom stereocenters. The summed E-state index contributed by atoms with van der Waals surface area (Å²) in [7, 11) is 0.